The molecule has 0 saturated carbocycles. The van der Waals surface area contributed by atoms with Crippen LogP contribution < -0.4 is 15.6 Å². The van der Waals surface area contributed by atoms with Gasteiger partial charge in [0, 0.05) is 18.7 Å². The number of hydrogen-bond acceptors (Lipinski definition) is 5. The minimum atomic E-state index is -0.207. The minimum Gasteiger partial charge on any atom is -0.496 e. The van der Waals surface area contributed by atoms with E-state index in [1.165, 1.54) is 11.3 Å². The Bertz CT molecular complexity index is 1020. The summed E-state index contributed by atoms with van der Waals surface area (Å²) in [6.45, 7) is 4.88. The number of ether oxygens (including phenoxy) is 1. The normalized spacial score (nSPS) is 10.9. The predicted octanol–water partition coefficient (Wildman–Crippen LogP) is 3.51. The molecule has 2 heterocycles. The number of carbonyl (C=O) groups is 1. The molecule has 0 saturated heterocycles. The summed E-state index contributed by atoms with van der Waals surface area (Å²) in [5.41, 5.74) is 1.51. The van der Waals surface area contributed by atoms with E-state index in [1.807, 2.05) is 31.2 Å². The number of unbranched alkanes of at least 4 members (excludes halogenated alkanes) is 1. The first-order valence-electron chi connectivity index (χ1n) is 8.95. The van der Waals surface area contributed by atoms with Crippen molar-refractivity contribution in [2.45, 2.75) is 39.8 Å². The van der Waals surface area contributed by atoms with Crippen LogP contribution in [0.2, 0.25) is 0 Å². The molecule has 27 heavy (non-hydrogen) atoms. The topological polar surface area (TPSA) is 73.2 Å². The molecule has 0 fully saturated rings. The Hall–Kier alpha value is -2.67. The van der Waals surface area contributed by atoms with Gasteiger partial charge in [-0.2, -0.15) is 0 Å². The van der Waals surface area contributed by atoms with Gasteiger partial charge in [0.1, 0.15) is 10.6 Å². The lowest BCUT2D eigenvalue weighted by Gasteiger charge is -2.09. The molecular weight excluding hydrogens is 362 g/mol. The van der Waals surface area contributed by atoms with E-state index in [2.05, 4.69) is 17.2 Å². The summed E-state index contributed by atoms with van der Waals surface area (Å²) in [6.07, 6.45) is 3.50. The van der Waals surface area contributed by atoms with Gasteiger partial charge in [0.25, 0.3) is 11.5 Å². The maximum absolute atomic E-state index is 12.7. The highest BCUT2D eigenvalue weighted by molar-refractivity contribution is 7.20. The molecule has 1 aromatic carbocycles. The number of nitrogens with zero attached hydrogens (tertiary/aromatic N) is 2. The van der Waals surface area contributed by atoms with Gasteiger partial charge in [0.2, 0.25) is 0 Å². The lowest BCUT2D eigenvalue weighted by molar-refractivity contribution is 0.0954. The van der Waals surface area contributed by atoms with Gasteiger partial charge in [-0.25, -0.2) is 4.98 Å². The van der Waals surface area contributed by atoms with E-state index in [0.29, 0.717) is 33.7 Å². The highest BCUT2D eigenvalue weighted by atomic mass is 32.1. The first-order chi connectivity index (χ1) is 13.1. The monoisotopic (exact) mass is 385 g/mol. The van der Waals surface area contributed by atoms with E-state index in [4.69, 9.17) is 4.74 Å². The standard InChI is InChI=1S/C20H23N3O3S/c1-4-5-10-23-12-22-19-16(20(23)25)13(2)17(27-19)18(24)21-11-14-8-6-7-9-15(14)26-3/h6-9,12H,4-5,10-11H2,1-3H3,(H,21,24). The molecule has 1 amide bonds. The molecule has 1 N–H and O–H groups in total. The Balaban J connectivity index is 1.86. The lowest BCUT2D eigenvalue weighted by atomic mass is 10.2. The van der Waals surface area contributed by atoms with Crippen molar-refractivity contribution in [1.82, 2.24) is 14.9 Å². The predicted molar refractivity (Wildman–Crippen MR) is 108 cm³/mol. The molecular formula is C20H23N3O3S. The number of amides is 1. The zero-order chi connectivity index (χ0) is 19.4. The molecule has 0 aliphatic carbocycles. The van der Waals surface area contributed by atoms with Crippen molar-refractivity contribution < 1.29 is 9.53 Å². The third kappa shape index (κ3) is 3.88. The van der Waals surface area contributed by atoms with Crippen molar-refractivity contribution in [3.8, 4) is 5.75 Å². The van der Waals surface area contributed by atoms with Crippen LogP contribution in [0.15, 0.2) is 35.4 Å². The Kier molecular flexibility index (Phi) is 5.91. The van der Waals surface area contributed by atoms with Gasteiger partial charge in [-0.05, 0) is 25.0 Å². The first kappa shape index (κ1) is 19.1. The third-order valence-corrected chi connectivity index (χ3v) is 5.71. The van der Waals surface area contributed by atoms with Crippen molar-refractivity contribution in [1.29, 1.82) is 0 Å². The summed E-state index contributed by atoms with van der Waals surface area (Å²) >= 11 is 1.26. The molecule has 0 atom stereocenters. The highest BCUT2D eigenvalue weighted by Gasteiger charge is 2.19. The van der Waals surface area contributed by atoms with Gasteiger partial charge in [-0.3, -0.25) is 14.2 Å². The number of fused-ring (bicyclic) bond motifs is 1. The van der Waals surface area contributed by atoms with Crippen LogP contribution in [0.3, 0.4) is 0 Å². The van der Waals surface area contributed by atoms with Gasteiger partial charge >= 0.3 is 0 Å². The number of benzene rings is 1. The van der Waals surface area contributed by atoms with Crippen LogP contribution in [0, 0.1) is 6.92 Å². The van der Waals surface area contributed by atoms with Gasteiger partial charge in [0.15, 0.2) is 0 Å². The van der Waals surface area contributed by atoms with Crippen LogP contribution in [-0.2, 0) is 13.1 Å². The molecule has 0 spiro atoms. The largest absolute Gasteiger partial charge is 0.496 e. The number of para-hydroxylation sites is 1. The fourth-order valence-electron chi connectivity index (χ4n) is 2.97. The van der Waals surface area contributed by atoms with Crippen LogP contribution in [0.25, 0.3) is 10.2 Å². The second-order valence-corrected chi connectivity index (χ2v) is 7.33. The fraction of sp³-hybridized carbons (Fsp3) is 0.350. The highest BCUT2D eigenvalue weighted by Crippen LogP contribution is 2.27. The van der Waals surface area contributed by atoms with E-state index in [9.17, 15) is 9.59 Å². The Morgan fingerprint density at radius 2 is 2.11 bits per heavy atom. The van der Waals surface area contributed by atoms with Crippen LogP contribution in [0.1, 0.15) is 40.6 Å². The summed E-state index contributed by atoms with van der Waals surface area (Å²) in [5, 5.41) is 3.46. The van der Waals surface area contributed by atoms with Crippen molar-refractivity contribution in [3.63, 3.8) is 0 Å². The average molecular weight is 385 g/mol. The zero-order valence-electron chi connectivity index (χ0n) is 15.7. The summed E-state index contributed by atoms with van der Waals surface area (Å²) in [7, 11) is 1.60. The fourth-order valence-corrected chi connectivity index (χ4v) is 4.02. The summed E-state index contributed by atoms with van der Waals surface area (Å²) in [5.74, 6) is 0.521. The van der Waals surface area contributed by atoms with Crippen molar-refractivity contribution in [2.75, 3.05) is 7.11 Å². The van der Waals surface area contributed by atoms with Crippen molar-refractivity contribution in [3.05, 3.63) is 57.0 Å². The van der Waals surface area contributed by atoms with E-state index in [1.54, 1.807) is 18.0 Å². The number of methoxy groups -OCH3 is 1. The molecule has 3 rings (SSSR count). The summed E-state index contributed by atoms with van der Waals surface area (Å²) in [6, 6.07) is 7.55. The molecule has 3 aromatic rings. The maximum Gasteiger partial charge on any atom is 0.262 e. The number of thiophene rings is 1. The van der Waals surface area contributed by atoms with E-state index in [0.717, 1.165) is 24.2 Å². The molecule has 0 bridgehead atoms. The first-order valence-corrected chi connectivity index (χ1v) is 9.77. The van der Waals surface area contributed by atoms with Crippen LogP contribution in [0.5, 0.6) is 5.75 Å². The number of aryl methyl sites for hydroxylation is 2. The molecule has 0 aliphatic heterocycles. The summed E-state index contributed by atoms with van der Waals surface area (Å²) in [4.78, 5) is 30.9. The second kappa shape index (κ2) is 8.35. The molecule has 0 unspecified atom stereocenters. The molecule has 6 nitrogen and oxygen atoms in total. The lowest BCUT2D eigenvalue weighted by Crippen LogP contribution is -2.23. The van der Waals surface area contributed by atoms with E-state index < -0.39 is 0 Å². The quantitative estimate of drug-likeness (QED) is 0.675. The minimum absolute atomic E-state index is 0.0778. The van der Waals surface area contributed by atoms with Crippen LogP contribution in [0.4, 0.5) is 0 Å². The Labute approximate surface area is 161 Å². The molecule has 0 radical (unpaired) electrons. The maximum atomic E-state index is 12.7. The van der Waals surface area contributed by atoms with Gasteiger partial charge in [-0.15, -0.1) is 11.3 Å². The molecule has 142 valence electrons. The van der Waals surface area contributed by atoms with Crippen molar-refractivity contribution in [2.24, 2.45) is 0 Å². The number of carbonyl (C=O) groups excluding carboxylic acids is 1. The van der Waals surface area contributed by atoms with Gasteiger partial charge in [-0.1, -0.05) is 31.5 Å². The second-order valence-electron chi connectivity index (χ2n) is 6.33. The zero-order valence-corrected chi connectivity index (χ0v) is 16.6. The van der Waals surface area contributed by atoms with Crippen LogP contribution in [-0.4, -0.2) is 22.6 Å². The molecule has 0 aliphatic rings. The smallest absolute Gasteiger partial charge is 0.262 e. The number of rotatable bonds is 7. The SMILES string of the molecule is CCCCn1cnc2sc(C(=O)NCc3ccccc3OC)c(C)c2c1=O. The number of hydrogen-bond donors (Lipinski definition) is 1. The van der Waals surface area contributed by atoms with E-state index in [-0.39, 0.29) is 11.5 Å². The number of aromatic nitrogens is 2. The van der Waals surface area contributed by atoms with Gasteiger partial charge < -0.3 is 10.1 Å². The van der Waals surface area contributed by atoms with Gasteiger partial charge in [0.05, 0.1) is 23.7 Å². The van der Waals surface area contributed by atoms with Crippen LogP contribution >= 0.6 is 11.3 Å². The van der Waals surface area contributed by atoms with E-state index >= 15 is 0 Å². The van der Waals surface area contributed by atoms with Crippen molar-refractivity contribution >= 4 is 27.5 Å². The Morgan fingerprint density at radius 3 is 2.85 bits per heavy atom. The average Bonchev–Trinajstić information content (AvgIpc) is 3.03. The Morgan fingerprint density at radius 1 is 1.33 bits per heavy atom. The molecule has 2 aromatic heterocycles. The number of nitrogens with one attached hydrogen (secondary N) is 1. The molecule has 7 heteroatoms. The summed E-state index contributed by atoms with van der Waals surface area (Å²) < 4.78 is 6.94. The third-order valence-electron chi connectivity index (χ3n) is 4.51.